The Morgan fingerprint density at radius 3 is 2.69 bits per heavy atom. The summed E-state index contributed by atoms with van der Waals surface area (Å²) in [4.78, 5) is 34.7. The molecule has 6 nitrogen and oxygen atoms in total. The van der Waals surface area contributed by atoms with Crippen molar-refractivity contribution in [1.29, 1.82) is 0 Å². The minimum atomic E-state index is -0.445. The van der Waals surface area contributed by atoms with Gasteiger partial charge in [-0.05, 0) is 18.6 Å². The van der Waals surface area contributed by atoms with E-state index in [4.69, 9.17) is 5.73 Å². The molecule has 8 heteroatoms. The number of benzene rings is 1. The fraction of sp³-hybridized carbons (Fsp3) is 0.222. The van der Waals surface area contributed by atoms with Gasteiger partial charge in [0.2, 0.25) is 5.91 Å². The van der Waals surface area contributed by atoms with Crippen LogP contribution in [-0.2, 0) is 12.2 Å². The van der Waals surface area contributed by atoms with Crippen molar-refractivity contribution in [3.05, 3.63) is 63.0 Å². The third-order valence-electron chi connectivity index (χ3n) is 3.60. The number of aromatic amines is 1. The Labute approximate surface area is 158 Å². The lowest BCUT2D eigenvalue weighted by Gasteiger charge is -2.02. The molecule has 0 aliphatic heterocycles. The normalized spacial score (nSPS) is 10.8. The number of rotatable bonds is 7. The molecule has 0 aliphatic rings. The van der Waals surface area contributed by atoms with Crippen LogP contribution in [0.15, 0.2) is 45.7 Å². The summed E-state index contributed by atoms with van der Waals surface area (Å²) in [6, 6.07) is 8.61. The van der Waals surface area contributed by atoms with Crippen LogP contribution in [0.1, 0.15) is 35.1 Å². The van der Waals surface area contributed by atoms with Crippen LogP contribution < -0.4 is 11.3 Å². The van der Waals surface area contributed by atoms with Gasteiger partial charge in [0.05, 0.1) is 5.69 Å². The number of hydrogen-bond acceptors (Lipinski definition) is 6. The largest absolute Gasteiger partial charge is 0.366 e. The average Bonchev–Trinajstić information content (AvgIpc) is 3.09. The Morgan fingerprint density at radius 2 is 2.00 bits per heavy atom. The summed E-state index contributed by atoms with van der Waals surface area (Å²) in [6.45, 7) is 2.06. The van der Waals surface area contributed by atoms with Crippen LogP contribution in [0.2, 0.25) is 0 Å². The van der Waals surface area contributed by atoms with E-state index in [2.05, 4.69) is 21.9 Å². The number of hydrogen-bond donors (Lipinski definition) is 2. The second kappa shape index (κ2) is 8.29. The molecule has 0 aliphatic carbocycles. The van der Waals surface area contributed by atoms with Gasteiger partial charge in [-0.3, -0.25) is 9.59 Å². The van der Waals surface area contributed by atoms with Crippen LogP contribution >= 0.6 is 23.1 Å². The summed E-state index contributed by atoms with van der Waals surface area (Å²) in [5, 5.41) is 3.47. The number of nitrogens with one attached hydrogen (secondary N) is 1. The first kappa shape index (κ1) is 18.3. The van der Waals surface area contributed by atoms with E-state index in [1.54, 1.807) is 18.2 Å². The summed E-state index contributed by atoms with van der Waals surface area (Å²) in [7, 11) is 0. The van der Waals surface area contributed by atoms with Crippen molar-refractivity contribution in [1.82, 2.24) is 15.0 Å². The maximum atomic E-state index is 11.7. The van der Waals surface area contributed by atoms with Gasteiger partial charge in [0, 0.05) is 34.0 Å². The number of carbonyl (C=O) groups is 1. The number of nitrogens with two attached hydrogens (primary N) is 1. The summed E-state index contributed by atoms with van der Waals surface area (Å²) >= 11 is 2.99. The van der Waals surface area contributed by atoms with E-state index in [0.717, 1.165) is 34.8 Å². The van der Waals surface area contributed by atoms with Crippen LogP contribution in [0.3, 0.4) is 0 Å². The van der Waals surface area contributed by atoms with E-state index in [1.165, 1.54) is 23.1 Å². The van der Waals surface area contributed by atoms with Gasteiger partial charge in [0.25, 0.3) is 5.56 Å². The maximum absolute atomic E-state index is 11.7. The second-order valence-corrected chi connectivity index (χ2v) is 7.49. The zero-order valence-electron chi connectivity index (χ0n) is 14.2. The highest BCUT2D eigenvalue weighted by Crippen LogP contribution is 2.27. The highest BCUT2D eigenvalue weighted by Gasteiger charge is 2.08. The summed E-state index contributed by atoms with van der Waals surface area (Å²) in [6.07, 6.45) is 1.74. The number of thiazole rings is 1. The van der Waals surface area contributed by atoms with Crippen LogP contribution in [-0.4, -0.2) is 20.9 Å². The Morgan fingerprint density at radius 1 is 1.23 bits per heavy atom. The van der Waals surface area contributed by atoms with Crippen molar-refractivity contribution in [2.45, 2.75) is 30.7 Å². The first-order valence-electron chi connectivity index (χ1n) is 8.13. The average molecular weight is 387 g/mol. The Bertz CT molecular complexity index is 964. The number of aromatic nitrogens is 3. The first-order valence-corrected chi connectivity index (χ1v) is 9.99. The standard InChI is InChI=1S/C18H18N4O2S2/c1-2-3-13-8-15(23)22-18(21-13)26-10-14-9-25-17(20-14)12-6-4-11(5-7-12)16(19)24/h4-9H,2-3,10H2,1H3,(H2,19,24)(H,21,22,23). The quantitative estimate of drug-likeness (QED) is 0.479. The Balaban J connectivity index is 1.69. The second-order valence-electron chi connectivity index (χ2n) is 5.67. The van der Waals surface area contributed by atoms with E-state index in [9.17, 15) is 9.59 Å². The van der Waals surface area contributed by atoms with Gasteiger partial charge in [-0.1, -0.05) is 37.2 Å². The number of nitrogens with zero attached hydrogens (tertiary/aromatic N) is 2. The van der Waals surface area contributed by atoms with Crippen molar-refractivity contribution in [2.75, 3.05) is 0 Å². The van der Waals surface area contributed by atoms with Gasteiger partial charge >= 0.3 is 0 Å². The number of aryl methyl sites for hydroxylation is 1. The third-order valence-corrected chi connectivity index (χ3v) is 5.45. The first-order chi connectivity index (χ1) is 12.5. The molecule has 2 aromatic heterocycles. The highest BCUT2D eigenvalue weighted by atomic mass is 32.2. The third kappa shape index (κ3) is 4.59. The maximum Gasteiger partial charge on any atom is 0.251 e. The Hall–Kier alpha value is -2.45. The van der Waals surface area contributed by atoms with Gasteiger partial charge < -0.3 is 10.7 Å². The Kier molecular flexibility index (Phi) is 5.85. The summed E-state index contributed by atoms with van der Waals surface area (Å²) in [5.74, 6) is 0.175. The molecule has 0 saturated carbocycles. The zero-order chi connectivity index (χ0) is 18.5. The van der Waals surface area contributed by atoms with E-state index in [1.807, 2.05) is 17.5 Å². The number of H-pyrrole nitrogens is 1. The predicted octanol–water partition coefficient (Wildman–Crippen LogP) is 3.24. The minimum Gasteiger partial charge on any atom is -0.366 e. The topological polar surface area (TPSA) is 102 Å². The zero-order valence-corrected chi connectivity index (χ0v) is 15.8. The molecule has 26 heavy (non-hydrogen) atoms. The van der Waals surface area contributed by atoms with Crippen molar-refractivity contribution in [2.24, 2.45) is 5.73 Å². The molecule has 3 N–H and O–H groups in total. The molecule has 0 spiro atoms. The van der Waals surface area contributed by atoms with E-state index >= 15 is 0 Å². The number of primary amides is 1. The molecular weight excluding hydrogens is 368 g/mol. The van der Waals surface area contributed by atoms with E-state index < -0.39 is 5.91 Å². The molecule has 2 heterocycles. The lowest BCUT2D eigenvalue weighted by molar-refractivity contribution is 0.100. The molecule has 0 bridgehead atoms. The number of thioether (sulfide) groups is 1. The highest BCUT2D eigenvalue weighted by molar-refractivity contribution is 7.98. The monoisotopic (exact) mass is 386 g/mol. The van der Waals surface area contributed by atoms with Crippen molar-refractivity contribution >= 4 is 29.0 Å². The van der Waals surface area contributed by atoms with Gasteiger partial charge in [0.15, 0.2) is 5.16 Å². The molecule has 3 rings (SSSR count). The van der Waals surface area contributed by atoms with Crippen LogP contribution in [0, 0.1) is 0 Å². The van der Waals surface area contributed by atoms with Crippen molar-refractivity contribution in [3.63, 3.8) is 0 Å². The van der Waals surface area contributed by atoms with E-state index in [0.29, 0.717) is 16.5 Å². The van der Waals surface area contributed by atoms with Gasteiger partial charge in [0.1, 0.15) is 5.01 Å². The molecule has 0 radical (unpaired) electrons. The molecular formula is C18H18N4O2S2. The number of amides is 1. The van der Waals surface area contributed by atoms with Crippen LogP contribution in [0.5, 0.6) is 0 Å². The molecule has 134 valence electrons. The van der Waals surface area contributed by atoms with Gasteiger partial charge in [-0.15, -0.1) is 11.3 Å². The van der Waals surface area contributed by atoms with Gasteiger partial charge in [-0.2, -0.15) is 0 Å². The van der Waals surface area contributed by atoms with Crippen molar-refractivity contribution < 1.29 is 4.79 Å². The molecule has 1 aromatic carbocycles. The van der Waals surface area contributed by atoms with Crippen LogP contribution in [0.25, 0.3) is 10.6 Å². The molecule has 3 aromatic rings. The van der Waals surface area contributed by atoms with Crippen molar-refractivity contribution in [3.8, 4) is 10.6 Å². The fourth-order valence-corrected chi connectivity index (χ4v) is 4.08. The molecule has 0 atom stereocenters. The molecule has 0 unspecified atom stereocenters. The minimum absolute atomic E-state index is 0.126. The fourth-order valence-electron chi connectivity index (χ4n) is 2.36. The lowest BCUT2D eigenvalue weighted by atomic mass is 10.1. The summed E-state index contributed by atoms with van der Waals surface area (Å²) in [5.41, 5.74) is 8.27. The molecule has 0 fully saturated rings. The molecule has 0 saturated heterocycles. The lowest BCUT2D eigenvalue weighted by Crippen LogP contribution is -2.10. The predicted molar refractivity (Wildman–Crippen MR) is 104 cm³/mol. The van der Waals surface area contributed by atoms with Gasteiger partial charge in [-0.25, -0.2) is 9.97 Å². The van der Waals surface area contributed by atoms with Crippen LogP contribution in [0.4, 0.5) is 0 Å². The SMILES string of the molecule is CCCc1cc(=O)[nH]c(SCc2csc(-c3ccc(C(N)=O)cc3)n2)n1. The molecule has 1 amide bonds. The number of carbonyl (C=O) groups excluding carboxylic acids is 1. The smallest absolute Gasteiger partial charge is 0.251 e. The van der Waals surface area contributed by atoms with E-state index in [-0.39, 0.29) is 5.56 Å². The summed E-state index contributed by atoms with van der Waals surface area (Å²) < 4.78 is 0.